The van der Waals surface area contributed by atoms with Gasteiger partial charge in [-0.15, -0.1) is 10.2 Å². The zero-order valence-corrected chi connectivity index (χ0v) is 9.58. The van der Waals surface area contributed by atoms with Crippen molar-refractivity contribution >= 4 is 11.5 Å². The zero-order valence-electron chi connectivity index (χ0n) is 9.58. The minimum Gasteiger partial charge on any atom is -0.364 e. The second-order valence-corrected chi connectivity index (χ2v) is 4.52. The number of nitrogens with one attached hydrogen (secondary N) is 1. The average molecular weight is 232 g/mol. The van der Waals surface area contributed by atoms with E-state index >= 15 is 0 Å². The van der Waals surface area contributed by atoms with Crippen LogP contribution in [0.4, 0.5) is 5.82 Å². The highest BCUT2D eigenvalue weighted by atomic mass is 15.2. The Kier molecular flexibility index (Phi) is 2.64. The highest BCUT2D eigenvalue weighted by Crippen LogP contribution is 2.27. The zero-order chi connectivity index (χ0) is 11.7. The molecular formula is C11H16N6. The summed E-state index contributed by atoms with van der Waals surface area (Å²) in [5.74, 6) is 1.34. The number of nitrogens with two attached hydrogens (primary N) is 1. The summed E-state index contributed by atoms with van der Waals surface area (Å²) in [6.45, 7) is 0.730. The van der Waals surface area contributed by atoms with E-state index in [9.17, 15) is 0 Å². The van der Waals surface area contributed by atoms with Crippen LogP contribution in [0, 0.1) is 5.92 Å². The Morgan fingerprint density at radius 1 is 1.47 bits per heavy atom. The Morgan fingerprint density at radius 2 is 2.41 bits per heavy atom. The maximum absolute atomic E-state index is 5.78. The topological polar surface area (TPSA) is 81.1 Å². The second kappa shape index (κ2) is 4.29. The number of aromatic nitrogens is 4. The van der Waals surface area contributed by atoms with Crippen LogP contribution in [0.3, 0.4) is 0 Å². The van der Waals surface area contributed by atoms with E-state index in [2.05, 4.69) is 20.5 Å². The van der Waals surface area contributed by atoms with Crippen LogP contribution in [0.5, 0.6) is 0 Å². The van der Waals surface area contributed by atoms with E-state index in [1.165, 1.54) is 12.8 Å². The van der Waals surface area contributed by atoms with Gasteiger partial charge in [-0.2, -0.15) is 0 Å². The predicted molar refractivity (Wildman–Crippen MR) is 64.6 cm³/mol. The summed E-state index contributed by atoms with van der Waals surface area (Å²) in [7, 11) is 0. The molecule has 1 aliphatic rings. The van der Waals surface area contributed by atoms with Gasteiger partial charge >= 0.3 is 0 Å². The summed E-state index contributed by atoms with van der Waals surface area (Å²) in [6, 6.07) is 0.412. The lowest BCUT2D eigenvalue weighted by Gasteiger charge is -2.19. The summed E-state index contributed by atoms with van der Waals surface area (Å²) < 4.78 is 1.86. The maximum atomic E-state index is 5.78. The third kappa shape index (κ3) is 1.84. The van der Waals surface area contributed by atoms with Crippen molar-refractivity contribution in [3.63, 3.8) is 0 Å². The molecule has 0 amide bonds. The number of hydrogen-bond donors (Lipinski definition) is 2. The van der Waals surface area contributed by atoms with Gasteiger partial charge in [-0.25, -0.2) is 4.98 Å². The lowest BCUT2D eigenvalue weighted by atomic mass is 10.0. The molecule has 2 atom stereocenters. The van der Waals surface area contributed by atoms with Crippen LogP contribution in [0.1, 0.15) is 19.3 Å². The van der Waals surface area contributed by atoms with Crippen molar-refractivity contribution in [2.24, 2.45) is 11.7 Å². The second-order valence-electron chi connectivity index (χ2n) is 4.52. The van der Waals surface area contributed by atoms with E-state index in [0.29, 0.717) is 12.0 Å². The van der Waals surface area contributed by atoms with Gasteiger partial charge in [0.15, 0.2) is 5.82 Å². The molecule has 3 N–H and O–H groups in total. The van der Waals surface area contributed by atoms with Gasteiger partial charge in [0.05, 0.1) is 0 Å². The molecule has 0 aliphatic heterocycles. The lowest BCUT2D eigenvalue weighted by Crippen LogP contribution is -2.30. The summed E-state index contributed by atoms with van der Waals surface area (Å²) >= 11 is 0. The Balaban J connectivity index is 1.87. The average Bonchev–Trinajstić information content (AvgIpc) is 2.97. The number of hydrogen-bond acceptors (Lipinski definition) is 5. The Bertz CT molecular complexity index is 507. The highest BCUT2D eigenvalue weighted by Gasteiger charge is 2.26. The van der Waals surface area contributed by atoms with E-state index in [1.54, 1.807) is 12.5 Å². The standard InChI is InChI=1S/C11H16N6/c12-6-8-2-1-3-9(8)15-10-11-16-14-7-17(11)5-4-13-10/h4-5,7-9H,1-3,6,12H2,(H,13,15). The van der Waals surface area contributed by atoms with Crippen molar-refractivity contribution in [3.05, 3.63) is 18.7 Å². The van der Waals surface area contributed by atoms with E-state index in [-0.39, 0.29) is 0 Å². The molecule has 6 nitrogen and oxygen atoms in total. The minimum atomic E-state index is 0.412. The summed E-state index contributed by atoms with van der Waals surface area (Å²) in [5, 5.41) is 11.4. The molecule has 3 rings (SSSR count). The smallest absolute Gasteiger partial charge is 0.203 e. The molecule has 0 spiro atoms. The summed E-state index contributed by atoms with van der Waals surface area (Å²) in [6.07, 6.45) is 8.86. The Hall–Kier alpha value is -1.69. The van der Waals surface area contributed by atoms with Crippen LogP contribution in [0.2, 0.25) is 0 Å². The Labute approximate surface area is 99.3 Å². The van der Waals surface area contributed by atoms with Crippen molar-refractivity contribution in [2.45, 2.75) is 25.3 Å². The van der Waals surface area contributed by atoms with Crippen LogP contribution in [-0.2, 0) is 0 Å². The molecule has 90 valence electrons. The molecule has 1 fully saturated rings. The molecule has 0 radical (unpaired) electrons. The van der Waals surface area contributed by atoms with Gasteiger partial charge in [-0.3, -0.25) is 4.40 Å². The molecule has 2 unspecified atom stereocenters. The number of rotatable bonds is 3. The van der Waals surface area contributed by atoms with Crippen LogP contribution in [0.25, 0.3) is 5.65 Å². The van der Waals surface area contributed by atoms with E-state index in [4.69, 9.17) is 5.73 Å². The number of fused-ring (bicyclic) bond motifs is 1. The largest absolute Gasteiger partial charge is 0.364 e. The third-order valence-electron chi connectivity index (χ3n) is 3.50. The van der Waals surface area contributed by atoms with Gasteiger partial charge in [0.25, 0.3) is 0 Å². The van der Waals surface area contributed by atoms with Gasteiger partial charge in [0, 0.05) is 18.4 Å². The van der Waals surface area contributed by atoms with Gasteiger partial charge in [0.1, 0.15) is 6.33 Å². The molecule has 0 aromatic carbocycles. The lowest BCUT2D eigenvalue weighted by molar-refractivity contribution is 0.515. The molecular weight excluding hydrogens is 216 g/mol. The molecule has 1 saturated carbocycles. The fourth-order valence-corrected chi connectivity index (χ4v) is 2.55. The van der Waals surface area contributed by atoms with Gasteiger partial charge < -0.3 is 11.1 Å². The first-order valence-electron chi connectivity index (χ1n) is 5.99. The van der Waals surface area contributed by atoms with Crippen LogP contribution < -0.4 is 11.1 Å². The Morgan fingerprint density at radius 3 is 3.29 bits per heavy atom. The summed E-state index contributed by atoms with van der Waals surface area (Å²) in [5.41, 5.74) is 6.55. The van der Waals surface area contributed by atoms with Crippen molar-refractivity contribution in [3.8, 4) is 0 Å². The highest BCUT2D eigenvalue weighted by molar-refractivity contribution is 5.61. The molecule has 0 bridgehead atoms. The van der Waals surface area contributed by atoms with E-state index in [1.807, 2.05) is 10.6 Å². The van der Waals surface area contributed by atoms with Crippen LogP contribution in [0.15, 0.2) is 18.7 Å². The minimum absolute atomic E-state index is 0.412. The number of nitrogens with zero attached hydrogens (tertiary/aromatic N) is 4. The first kappa shape index (κ1) is 10.5. The molecule has 2 heterocycles. The fourth-order valence-electron chi connectivity index (χ4n) is 2.55. The predicted octanol–water partition coefficient (Wildman–Crippen LogP) is 0.664. The number of anilines is 1. The third-order valence-corrected chi connectivity index (χ3v) is 3.50. The summed E-state index contributed by atoms with van der Waals surface area (Å²) in [4.78, 5) is 4.34. The monoisotopic (exact) mass is 232 g/mol. The maximum Gasteiger partial charge on any atom is 0.203 e. The van der Waals surface area contributed by atoms with Gasteiger partial charge in [-0.05, 0) is 25.3 Å². The molecule has 2 aromatic heterocycles. The van der Waals surface area contributed by atoms with Crippen LogP contribution in [-0.4, -0.2) is 32.2 Å². The molecule has 6 heteroatoms. The van der Waals surface area contributed by atoms with Crippen molar-refractivity contribution in [1.82, 2.24) is 19.6 Å². The van der Waals surface area contributed by atoms with Gasteiger partial charge in [0.2, 0.25) is 5.65 Å². The quantitative estimate of drug-likeness (QED) is 0.812. The van der Waals surface area contributed by atoms with Crippen LogP contribution >= 0.6 is 0 Å². The SMILES string of the molecule is NCC1CCCC1Nc1nccn2cnnc12. The fraction of sp³-hybridized carbons (Fsp3) is 0.545. The van der Waals surface area contributed by atoms with Gasteiger partial charge in [-0.1, -0.05) is 6.42 Å². The molecule has 1 aliphatic carbocycles. The van der Waals surface area contributed by atoms with E-state index < -0.39 is 0 Å². The van der Waals surface area contributed by atoms with E-state index in [0.717, 1.165) is 24.4 Å². The van der Waals surface area contributed by atoms with Crippen molar-refractivity contribution < 1.29 is 0 Å². The van der Waals surface area contributed by atoms with Crippen molar-refractivity contribution in [1.29, 1.82) is 0 Å². The molecule has 0 saturated heterocycles. The van der Waals surface area contributed by atoms with Crippen molar-refractivity contribution in [2.75, 3.05) is 11.9 Å². The first-order chi connectivity index (χ1) is 8.38. The molecule has 2 aromatic rings. The normalized spacial score (nSPS) is 24.3. The molecule has 17 heavy (non-hydrogen) atoms. The first-order valence-corrected chi connectivity index (χ1v) is 5.99.